The highest BCUT2D eigenvalue weighted by Gasteiger charge is 2.54. The van der Waals surface area contributed by atoms with Crippen LogP contribution in [0.5, 0.6) is 5.75 Å². The van der Waals surface area contributed by atoms with E-state index in [1.807, 2.05) is 25.1 Å². The van der Waals surface area contributed by atoms with Crippen molar-refractivity contribution in [3.8, 4) is 5.75 Å². The number of hydrogen-bond acceptors (Lipinski definition) is 2. The molecule has 2 bridgehead atoms. The van der Waals surface area contributed by atoms with Gasteiger partial charge in [-0.2, -0.15) is 0 Å². The maximum Gasteiger partial charge on any atom is 0.150 e. The SMILES string of the molecule is Cc1cc(OC2CC3CCC2C3(C)C)ccc1C=O. The van der Waals surface area contributed by atoms with Crippen LogP contribution in [0.2, 0.25) is 0 Å². The van der Waals surface area contributed by atoms with E-state index >= 15 is 0 Å². The Labute approximate surface area is 115 Å². The molecule has 1 aromatic rings. The number of aldehydes is 1. The molecule has 0 heterocycles. The number of hydrogen-bond donors (Lipinski definition) is 0. The molecule has 3 rings (SSSR count). The first-order valence-corrected chi connectivity index (χ1v) is 7.25. The Morgan fingerprint density at radius 2 is 2.11 bits per heavy atom. The summed E-state index contributed by atoms with van der Waals surface area (Å²) < 4.78 is 6.21. The molecular formula is C17H22O2. The molecule has 0 saturated heterocycles. The van der Waals surface area contributed by atoms with Gasteiger partial charge in [-0.3, -0.25) is 4.79 Å². The monoisotopic (exact) mass is 258 g/mol. The van der Waals surface area contributed by atoms with Crippen molar-refractivity contribution in [3.05, 3.63) is 29.3 Å². The maximum atomic E-state index is 10.8. The second-order valence-electron chi connectivity index (χ2n) is 6.73. The third kappa shape index (κ3) is 1.98. The summed E-state index contributed by atoms with van der Waals surface area (Å²) in [5, 5.41) is 0. The number of rotatable bonds is 3. The molecule has 19 heavy (non-hydrogen) atoms. The average Bonchev–Trinajstić information content (AvgIpc) is 2.78. The molecule has 0 spiro atoms. The zero-order chi connectivity index (χ0) is 13.6. The Kier molecular flexibility index (Phi) is 2.92. The van der Waals surface area contributed by atoms with Crippen molar-refractivity contribution in [3.63, 3.8) is 0 Å². The van der Waals surface area contributed by atoms with Crippen LogP contribution in [0, 0.1) is 24.2 Å². The smallest absolute Gasteiger partial charge is 0.150 e. The number of aryl methyl sites for hydroxylation is 1. The van der Waals surface area contributed by atoms with Crippen LogP contribution < -0.4 is 4.74 Å². The van der Waals surface area contributed by atoms with E-state index < -0.39 is 0 Å². The summed E-state index contributed by atoms with van der Waals surface area (Å²) in [6, 6.07) is 5.77. The fourth-order valence-electron chi connectivity index (χ4n) is 4.12. The fraction of sp³-hybridized carbons (Fsp3) is 0.588. The third-order valence-corrected chi connectivity index (χ3v) is 5.46. The molecule has 2 saturated carbocycles. The van der Waals surface area contributed by atoms with Gasteiger partial charge in [0, 0.05) is 11.5 Å². The number of carbonyl (C=O) groups is 1. The number of ether oxygens (including phenoxy) is 1. The molecule has 0 aromatic heterocycles. The van der Waals surface area contributed by atoms with E-state index in [1.165, 1.54) is 19.3 Å². The zero-order valence-electron chi connectivity index (χ0n) is 12.0. The minimum absolute atomic E-state index is 0.357. The largest absolute Gasteiger partial charge is 0.490 e. The van der Waals surface area contributed by atoms with E-state index in [1.54, 1.807) is 0 Å². The molecule has 0 radical (unpaired) electrons. The van der Waals surface area contributed by atoms with Gasteiger partial charge in [0.15, 0.2) is 0 Å². The third-order valence-electron chi connectivity index (χ3n) is 5.46. The first kappa shape index (κ1) is 12.7. The van der Waals surface area contributed by atoms with Crippen molar-refractivity contribution >= 4 is 6.29 Å². The lowest BCUT2D eigenvalue weighted by Crippen LogP contribution is -2.27. The van der Waals surface area contributed by atoms with Gasteiger partial charge in [-0.25, -0.2) is 0 Å². The van der Waals surface area contributed by atoms with Gasteiger partial charge in [0.05, 0.1) is 0 Å². The summed E-state index contributed by atoms with van der Waals surface area (Å²) in [6.07, 6.45) is 5.11. The molecular weight excluding hydrogens is 236 g/mol. The summed E-state index contributed by atoms with van der Waals surface area (Å²) in [4.78, 5) is 10.8. The van der Waals surface area contributed by atoms with Crippen molar-refractivity contribution in [1.82, 2.24) is 0 Å². The molecule has 3 unspecified atom stereocenters. The van der Waals surface area contributed by atoms with E-state index in [2.05, 4.69) is 13.8 Å². The molecule has 2 aliphatic carbocycles. The Bertz CT molecular complexity index is 504. The van der Waals surface area contributed by atoms with Crippen LogP contribution >= 0.6 is 0 Å². The van der Waals surface area contributed by atoms with Gasteiger partial charge in [0.1, 0.15) is 18.1 Å². The topological polar surface area (TPSA) is 26.3 Å². The van der Waals surface area contributed by atoms with E-state index in [0.29, 0.717) is 17.4 Å². The van der Waals surface area contributed by atoms with Crippen molar-refractivity contribution in [2.24, 2.45) is 17.3 Å². The van der Waals surface area contributed by atoms with Gasteiger partial charge in [-0.15, -0.1) is 0 Å². The Balaban J connectivity index is 1.77. The molecule has 2 aliphatic rings. The Morgan fingerprint density at radius 3 is 2.63 bits per heavy atom. The lowest BCUT2D eigenvalue weighted by Gasteiger charge is -2.27. The molecule has 2 heteroatoms. The Hall–Kier alpha value is -1.31. The van der Waals surface area contributed by atoms with E-state index in [9.17, 15) is 4.79 Å². The van der Waals surface area contributed by atoms with Crippen LogP contribution in [0.25, 0.3) is 0 Å². The van der Waals surface area contributed by atoms with Crippen molar-refractivity contribution in [1.29, 1.82) is 0 Å². The minimum Gasteiger partial charge on any atom is -0.490 e. The quantitative estimate of drug-likeness (QED) is 0.766. The van der Waals surface area contributed by atoms with Crippen molar-refractivity contribution in [2.45, 2.75) is 46.1 Å². The first-order valence-electron chi connectivity index (χ1n) is 7.25. The highest BCUT2D eigenvalue weighted by atomic mass is 16.5. The normalized spacial score (nSPS) is 31.4. The predicted molar refractivity (Wildman–Crippen MR) is 75.6 cm³/mol. The summed E-state index contributed by atoms with van der Waals surface area (Å²) in [5.74, 6) is 2.41. The molecule has 1 aromatic carbocycles. The molecule has 0 N–H and O–H groups in total. The number of carbonyl (C=O) groups excluding carboxylic acids is 1. The second-order valence-corrected chi connectivity index (χ2v) is 6.73. The first-order chi connectivity index (χ1) is 9.02. The molecule has 102 valence electrons. The van der Waals surface area contributed by atoms with Gasteiger partial charge in [0.2, 0.25) is 0 Å². The molecule has 2 fully saturated rings. The Morgan fingerprint density at radius 1 is 1.32 bits per heavy atom. The average molecular weight is 258 g/mol. The summed E-state index contributed by atoms with van der Waals surface area (Å²) >= 11 is 0. The lowest BCUT2D eigenvalue weighted by atomic mass is 9.82. The van der Waals surface area contributed by atoms with Crippen LogP contribution in [0.3, 0.4) is 0 Å². The van der Waals surface area contributed by atoms with Gasteiger partial charge >= 0.3 is 0 Å². The molecule has 3 atom stereocenters. The van der Waals surface area contributed by atoms with Gasteiger partial charge < -0.3 is 4.74 Å². The standard InChI is InChI=1S/C17H22O2/c1-11-8-14(6-4-12(11)10-18)19-16-9-13-5-7-15(16)17(13,2)3/h4,6,8,10,13,15-16H,5,7,9H2,1-3H3. The van der Waals surface area contributed by atoms with Crippen LogP contribution in [0.4, 0.5) is 0 Å². The van der Waals surface area contributed by atoms with Crippen molar-refractivity contribution < 1.29 is 9.53 Å². The highest BCUT2D eigenvalue weighted by Crippen LogP contribution is 2.58. The van der Waals surface area contributed by atoms with Gasteiger partial charge in [0.25, 0.3) is 0 Å². The van der Waals surface area contributed by atoms with E-state index in [4.69, 9.17) is 4.74 Å². The van der Waals surface area contributed by atoms with Crippen molar-refractivity contribution in [2.75, 3.05) is 0 Å². The number of fused-ring (bicyclic) bond motifs is 2. The molecule has 0 aliphatic heterocycles. The highest BCUT2D eigenvalue weighted by molar-refractivity contribution is 5.77. The van der Waals surface area contributed by atoms with Gasteiger partial charge in [-0.1, -0.05) is 13.8 Å². The van der Waals surface area contributed by atoms with Crippen LogP contribution in [-0.2, 0) is 0 Å². The molecule has 0 amide bonds. The maximum absolute atomic E-state index is 10.8. The van der Waals surface area contributed by atoms with Crippen LogP contribution in [-0.4, -0.2) is 12.4 Å². The molecule has 2 nitrogen and oxygen atoms in total. The van der Waals surface area contributed by atoms with E-state index in [-0.39, 0.29) is 0 Å². The zero-order valence-corrected chi connectivity index (χ0v) is 12.0. The number of benzene rings is 1. The van der Waals surface area contributed by atoms with Gasteiger partial charge in [-0.05, 0) is 61.3 Å². The summed E-state index contributed by atoms with van der Waals surface area (Å²) in [6.45, 7) is 6.74. The van der Waals surface area contributed by atoms with Crippen LogP contribution in [0.1, 0.15) is 49.0 Å². The fourth-order valence-corrected chi connectivity index (χ4v) is 4.12. The van der Waals surface area contributed by atoms with E-state index in [0.717, 1.165) is 29.1 Å². The van der Waals surface area contributed by atoms with Crippen LogP contribution in [0.15, 0.2) is 18.2 Å². The lowest BCUT2D eigenvalue weighted by molar-refractivity contribution is 0.112. The summed E-state index contributed by atoms with van der Waals surface area (Å²) in [7, 11) is 0. The summed E-state index contributed by atoms with van der Waals surface area (Å²) in [5.41, 5.74) is 2.18. The minimum atomic E-state index is 0.357. The second kappa shape index (κ2) is 4.36. The predicted octanol–water partition coefficient (Wildman–Crippen LogP) is 4.01.